The first-order valence-corrected chi connectivity index (χ1v) is 5.60. The van der Waals surface area contributed by atoms with Crippen LogP contribution in [-0.4, -0.2) is 27.2 Å². The molecule has 6 heteroatoms. The lowest BCUT2D eigenvalue weighted by Crippen LogP contribution is -2.21. The zero-order chi connectivity index (χ0) is 13.1. The summed E-state index contributed by atoms with van der Waals surface area (Å²) < 4.78 is 37.7. The molecule has 0 saturated heterocycles. The first-order valence-electron chi connectivity index (χ1n) is 5.60. The fourth-order valence-electron chi connectivity index (χ4n) is 1.50. The van der Waals surface area contributed by atoms with E-state index >= 15 is 0 Å². The van der Waals surface area contributed by atoms with Gasteiger partial charge in [0.2, 0.25) is 0 Å². The number of alkyl halides is 3. The van der Waals surface area contributed by atoms with Crippen LogP contribution < -0.4 is 0 Å². The summed E-state index contributed by atoms with van der Waals surface area (Å²) >= 11 is 0. The highest BCUT2D eigenvalue weighted by Crippen LogP contribution is 2.23. The van der Waals surface area contributed by atoms with Crippen molar-refractivity contribution >= 4 is 0 Å². The number of hydrogen-bond donors (Lipinski definition) is 1. The zero-order valence-electron chi connectivity index (χ0n) is 9.91. The van der Waals surface area contributed by atoms with Gasteiger partial charge >= 0.3 is 6.18 Å². The number of aliphatic hydroxyl groups excluding tert-OH is 1. The van der Waals surface area contributed by atoms with E-state index in [9.17, 15) is 18.3 Å². The van der Waals surface area contributed by atoms with Crippen LogP contribution in [0.25, 0.3) is 0 Å². The molecule has 1 aromatic rings. The van der Waals surface area contributed by atoms with Gasteiger partial charge in [0, 0.05) is 18.7 Å². The van der Waals surface area contributed by atoms with Crippen molar-refractivity contribution in [1.82, 2.24) is 9.78 Å². The van der Waals surface area contributed by atoms with E-state index in [4.69, 9.17) is 0 Å². The highest BCUT2D eigenvalue weighted by molar-refractivity contribution is 5.01. The van der Waals surface area contributed by atoms with Gasteiger partial charge in [0.05, 0.1) is 18.2 Å². The average molecular weight is 250 g/mol. The van der Waals surface area contributed by atoms with Gasteiger partial charge in [-0.05, 0) is 19.4 Å². The summed E-state index contributed by atoms with van der Waals surface area (Å²) in [6, 6.07) is 1.86. The molecule has 17 heavy (non-hydrogen) atoms. The quantitative estimate of drug-likeness (QED) is 0.872. The molecule has 1 aromatic heterocycles. The fraction of sp³-hybridized carbons (Fsp3) is 0.727. The Balaban J connectivity index is 2.54. The van der Waals surface area contributed by atoms with E-state index in [0.29, 0.717) is 5.69 Å². The Morgan fingerprint density at radius 3 is 2.65 bits per heavy atom. The second kappa shape index (κ2) is 5.53. The molecule has 1 N–H and O–H groups in total. The maximum absolute atomic E-state index is 12.0. The molecule has 1 rings (SSSR count). The number of aromatic nitrogens is 2. The molecule has 3 nitrogen and oxygen atoms in total. The van der Waals surface area contributed by atoms with E-state index in [1.54, 1.807) is 16.9 Å². The van der Waals surface area contributed by atoms with Crippen LogP contribution in [0.4, 0.5) is 13.2 Å². The van der Waals surface area contributed by atoms with Gasteiger partial charge in [0.15, 0.2) is 0 Å². The number of hydrogen-bond acceptors (Lipinski definition) is 2. The maximum Gasteiger partial charge on any atom is 0.391 e. The second-order valence-electron chi connectivity index (χ2n) is 4.22. The van der Waals surface area contributed by atoms with Crippen LogP contribution >= 0.6 is 0 Å². The minimum absolute atomic E-state index is 0.0665. The fourth-order valence-corrected chi connectivity index (χ4v) is 1.50. The Labute approximate surface area is 98.2 Å². The zero-order valence-corrected chi connectivity index (χ0v) is 9.91. The predicted molar refractivity (Wildman–Crippen MR) is 57.6 cm³/mol. The van der Waals surface area contributed by atoms with Crippen molar-refractivity contribution in [1.29, 1.82) is 0 Å². The van der Waals surface area contributed by atoms with E-state index in [2.05, 4.69) is 5.10 Å². The highest BCUT2D eigenvalue weighted by Gasteiger charge is 2.31. The lowest BCUT2D eigenvalue weighted by atomic mass is 10.1. The second-order valence-corrected chi connectivity index (χ2v) is 4.22. The maximum atomic E-state index is 12.0. The van der Waals surface area contributed by atoms with Gasteiger partial charge in [-0.25, -0.2) is 0 Å². The molecule has 0 aliphatic heterocycles. The van der Waals surface area contributed by atoms with Crippen molar-refractivity contribution in [2.24, 2.45) is 0 Å². The molecular formula is C11H17F3N2O. The Kier molecular flexibility index (Phi) is 4.56. The van der Waals surface area contributed by atoms with Crippen molar-refractivity contribution in [3.63, 3.8) is 0 Å². The summed E-state index contributed by atoms with van der Waals surface area (Å²) in [7, 11) is 0. The third kappa shape index (κ3) is 4.77. The largest absolute Gasteiger partial charge is 0.392 e. The van der Waals surface area contributed by atoms with Crippen LogP contribution in [0.15, 0.2) is 12.3 Å². The van der Waals surface area contributed by atoms with Crippen LogP contribution in [0, 0.1) is 0 Å². The Hall–Kier alpha value is -1.04. The number of nitrogens with zero attached hydrogens (tertiary/aromatic N) is 2. The van der Waals surface area contributed by atoms with E-state index in [1.165, 1.54) is 0 Å². The van der Waals surface area contributed by atoms with Crippen molar-refractivity contribution in [2.45, 2.75) is 51.4 Å². The molecular weight excluding hydrogens is 233 g/mol. The summed E-state index contributed by atoms with van der Waals surface area (Å²) in [6.45, 7) is 3.98. The van der Waals surface area contributed by atoms with Crippen LogP contribution in [0.1, 0.15) is 38.4 Å². The topological polar surface area (TPSA) is 38.0 Å². The number of halogens is 3. The molecule has 0 radical (unpaired) electrons. The highest BCUT2D eigenvalue weighted by atomic mass is 19.4. The molecule has 2 unspecified atom stereocenters. The van der Waals surface area contributed by atoms with Crippen molar-refractivity contribution in [3.8, 4) is 0 Å². The minimum Gasteiger partial charge on any atom is -0.392 e. The molecule has 0 aliphatic rings. The lowest BCUT2D eigenvalue weighted by Gasteiger charge is -2.12. The SMILES string of the molecule is CCC(C)n1ccc(CC(O)CC(F)(F)F)n1. The molecule has 2 atom stereocenters. The first kappa shape index (κ1) is 14.0. The smallest absolute Gasteiger partial charge is 0.391 e. The van der Waals surface area contributed by atoms with Crippen molar-refractivity contribution in [3.05, 3.63) is 18.0 Å². The molecule has 0 amide bonds. The summed E-state index contributed by atoms with van der Waals surface area (Å²) in [5.74, 6) is 0. The van der Waals surface area contributed by atoms with Gasteiger partial charge in [-0.1, -0.05) is 6.92 Å². The van der Waals surface area contributed by atoms with Gasteiger partial charge in [-0.3, -0.25) is 4.68 Å². The standard InChI is InChI=1S/C11H17F3N2O/c1-3-8(2)16-5-4-9(15-16)6-10(17)7-11(12,13)14/h4-5,8,10,17H,3,6-7H2,1-2H3. The van der Waals surface area contributed by atoms with Crippen LogP contribution in [0.3, 0.4) is 0 Å². The molecule has 1 heterocycles. The molecule has 0 fully saturated rings. The van der Waals surface area contributed by atoms with Gasteiger partial charge in [0.25, 0.3) is 0 Å². The van der Waals surface area contributed by atoms with Crippen molar-refractivity contribution in [2.75, 3.05) is 0 Å². The number of aliphatic hydroxyl groups is 1. The lowest BCUT2D eigenvalue weighted by molar-refractivity contribution is -0.153. The molecule has 0 bridgehead atoms. The number of rotatable bonds is 5. The normalized spacial score (nSPS) is 15.9. The van der Waals surface area contributed by atoms with E-state index < -0.39 is 18.7 Å². The van der Waals surface area contributed by atoms with Crippen LogP contribution in [0.5, 0.6) is 0 Å². The van der Waals surface area contributed by atoms with E-state index in [-0.39, 0.29) is 12.5 Å². The first-order chi connectivity index (χ1) is 7.81. The Morgan fingerprint density at radius 1 is 1.47 bits per heavy atom. The average Bonchev–Trinajstić information content (AvgIpc) is 2.62. The molecule has 0 aliphatic carbocycles. The Morgan fingerprint density at radius 2 is 2.12 bits per heavy atom. The summed E-state index contributed by atoms with van der Waals surface area (Å²) in [4.78, 5) is 0. The molecule has 0 spiro atoms. The van der Waals surface area contributed by atoms with Crippen LogP contribution in [0.2, 0.25) is 0 Å². The summed E-state index contributed by atoms with van der Waals surface area (Å²) in [5.41, 5.74) is 0.488. The van der Waals surface area contributed by atoms with Gasteiger partial charge in [-0.2, -0.15) is 18.3 Å². The predicted octanol–water partition coefficient (Wildman–Crippen LogP) is 2.71. The minimum atomic E-state index is -4.33. The molecule has 98 valence electrons. The summed E-state index contributed by atoms with van der Waals surface area (Å²) in [5, 5.41) is 13.4. The van der Waals surface area contributed by atoms with E-state index in [1.807, 2.05) is 13.8 Å². The Bertz CT molecular complexity index is 349. The van der Waals surface area contributed by atoms with Gasteiger partial charge < -0.3 is 5.11 Å². The van der Waals surface area contributed by atoms with Gasteiger partial charge in [-0.15, -0.1) is 0 Å². The third-order valence-electron chi connectivity index (χ3n) is 2.62. The molecule has 0 aromatic carbocycles. The van der Waals surface area contributed by atoms with Gasteiger partial charge in [0.1, 0.15) is 0 Å². The van der Waals surface area contributed by atoms with E-state index in [0.717, 1.165) is 6.42 Å². The van der Waals surface area contributed by atoms with Crippen molar-refractivity contribution < 1.29 is 18.3 Å². The third-order valence-corrected chi connectivity index (χ3v) is 2.62. The van der Waals surface area contributed by atoms with Crippen LogP contribution in [-0.2, 0) is 6.42 Å². The summed E-state index contributed by atoms with van der Waals surface area (Å²) in [6.07, 6.45) is -4.39. The molecule has 0 saturated carbocycles. The monoisotopic (exact) mass is 250 g/mol.